The molecule has 2 aromatic carbocycles. The number of nitrogens with zero attached hydrogens (tertiary/aromatic N) is 1. The molecule has 1 N–H and O–H groups in total. The molecule has 0 radical (unpaired) electrons. The monoisotopic (exact) mass is 390 g/mol. The van der Waals surface area contributed by atoms with E-state index in [1.54, 1.807) is 11.0 Å². The molecule has 0 saturated carbocycles. The zero-order chi connectivity index (χ0) is 19.6. The van der Waals surface area contributed by atoms with Crippen LogP contribution in [0.1, 0.15) is 12.5 Å². The van der Waals surface area contributed by atoms with E-state index in [9.17, 15) is 13.2 Å². The van der Waals surface area contributed by atoms with E-state index in [4.69, 9.17) is 9.47 Å². The van der Waals surface area contributed by atoms with Crippen molar-refractivity contribution < 1.29 is 22.7 Å². The van der Waals surface area contributed by atoms with E-state index in [1.807, 2.05) is 31.2 Å². The minimum atomic E-state index is -3.96. The van der Waals surface area contributed by atoms with Gasteiger partial charge in [-0.15, -0.1) is 0 Å². The number of methoxy groups -OCH3 is 2. The van der Waals surface area contributed by atoms with Gasteiger partial charge in [-0.05, 0) is 37.1 Å². The number of amides is 1. The molecule has 0 saturated heterocycles. The summed E-state index contributed by atoms with van der Waals surface area (Å²) in [5, 5.41) is 0. The summed E-state index contributed by atoms with van der Waals surface area (Å²) >= 11 is 0. The van der Waals surface area contributed by atoms with Crippen LogP contribution in [0, 0.1) is 0 Å². The first-order chi connectivity index (χ1) is 12.9. The first kappa shape index (κ1) is 19.2. The lowest BCUT2D eigenvalue weighted by Crippen LogP contribution is -2.43. The number of hydrogen-bond donors (Lipinski definition) is 1. The van der Waals surface area contributed by atoms with Crippen LogP contribution < -0.4 is 19.1 Å². The first-order valence-electron chi connectivity index (χ1n) is 8.49. The van der Waals surface area contributed by atoms with Gasteiger partial charge in [0.1, 0.15) is 16.4 Å². The number of anilines is 1. The van der Waals surface area contributed by atoms with Crippen molar-refractivity contribution >= 4 is 21.6 Å². The van der Waals surface area contributed by atoms with Gasteiger partial charge >= 0.3 is 0 Å². The molecular formula is C19H22N2O5S. The predicted molar refractivity (Wildman–Crippen MR) is 102 cm³/mol. The van der Waals surface area contributed by atoms with E-state index in [0.717, 1.165) is 17.7 Å². The molecule has 0 aromatic heterocycles. The molecule has 0 spiro atoms. The summed E-state index contributed by atoms with van der Waals surface area (Å²) in [5.41, 5.74) is 1.91. The second kappa shape index (κ2) is 7.58. The van der Waals surface area contributed by atoms with Crippen LogP contribution in [0.25, 0.3) is 0 Å². The van der Waals surface area contributed by atoms with Crippen molar-refractivity contribution in [3.05, 3.63) is 48.0 Å². The fraction of sp³-hybridized carbons (Fsp3) is 0.316. The van der Waals surface area contributed by atoms with Crippen LogP contribution in [0.3, 0.4) is 0 Å². The summed E-state index contributed by atoms with van der Waals surface area (Å²) in [6.45, 7) is 1.60. The van der Waals surface area contributed by atoms with E-state index in [-0.39, 0.29) is 29.1 Å². The first-order valence-corrected chi connectivity index (χ1v) is 9.97. The lowest BCUT2D eigenvalue weighted by molar-refractivity contribution is -0.117. The van der Waals surface area contributed by atoms with Gasteiger partial charge in [-0.1, -0.05) is 18.2 Å². The Morgan fingerprint density at radius 1 is 1.19 bits per heavy atom. The van der Waals surface area contributed by atoms with E-state index >= 15 is 0 Å². The highest BCUT2D eigenvalue weighted by molar-refractivity contribution is 7.89. The number of carbonyl (C=O) groups is 1. The normalized spacial score (nSPS) is 16.1. The molecule has 1 aliphatic heterocycles. The summed E-state index contributed by atoms with van der Waals surface area (Å²) in [4.78, 5) is 14.3. The predicted octanol–water partition coefficient (Wildman–Crippen LogP) is 1.96. The Morgan fingerprint density at radius 3 is 2.63 bits per heavy atom. The zero-order valence-corrected chi connectivity index (χ0v) is 16.2. The number of hydrogen-bond acceptors (Lipinski definition) is 5. The van der Waals surface area contributed by atoms with Crippen molar-refractivity contribution in [3.8, 4) is 11.5 Å². The van der Waals surface area contributed by atoms with Gasteiger partial charge in [0.15, 0.2) is 0 Å². The third-order valence-electron chi connectivity index (χ3n) is 4.55. The third-order valence-corrected chi connectivity index (χ3v) is 5.97. The lowest BCUT2D eigenvalue weighted by Gasteiger charge is -2.23. The topological polar surface area (TPSA) is 84.9 Å². The third kappa shape index (κ3) is 3.77. The minimum Gasteiger partial charge on any atom is -0.497 e. The number of fused-ring (bicyclic) bond motifs is 1. The number of para-hydroxylation sites is 1. The van der Waals surface area contributed by atoms with Crippen LogP contribution in [0.2, 0.25) is 0 Å². The van der Waals surface area contributed by atoms with E-state index < -0.39 is 10.0 Å². The Morgan fingerprint density at radius 2 is 1.93 bits per heavy atom. The van der Waals surface area contributed by atoms with Crippen LogP contribution in [0.5, 0.6) is 11.5 Å². The molecule has 2 aromatic rings. The Labute approximate surface area is 158 Å². The summed E-state index contributed by atoms with van der Waals surface area (Å²) in [7, 11) is -1.13. The van der Waals surface area contributed by atoms with Crippen LogP contribution >= 0.6 is 0 Å². The van der Waals surface area contributed by atoms with Crippen molar-refractivity contribution in [2.75, 3.05) is 25.7 Å². The number of carbonyl (C=O) groups excluding carboxylic acids is 1. The molecule has 0 bridgehead atoms. The Bertz CT molecular complexity index is 958. The maximum absolute atomic E-state index is 12.7. The number of rotatable bonds is 6. The molecular weight excluding hydrogens is 368 g/mol. The molecule has 7 nitrogen and oxygen atoms in total. The molecule has 1 unspecified atom stereocenters. The van der Waals surface area contributed by atoms with Gasteiger partial charge in [-0.3, -0.25) is 4.79 Å². The summed E-state index contributed by atoms with van der Waals surface area (Å²) in [6, 6.07) is 12.1. The molecule has 1 atom stereocenters. The van der Waals surface area contributed by atoms with E-state index in [2.05, 4.69) is 4.72 Å². The maximum Gasteiger partial charge on any atom is 0.244 e. The zero-order valence-electron chi connectivity index (χ0n) is 15.4. The highest BCUT2D eigenvalue weighted by Gasteiger charge is 2.31. The van der Waals surface area contributed by atoms with Gasteiger partial charge in [-0.25, -0.2) is 13.1 Å². The second-order valence-electron chi connectivity index (χ2n) is 6.29. The van der Waals surface area contributed by atoms with Crippen LogP contribution in [0.4, 0.5) is 5.69 Å². The van der Waals surface area contributed by atoms with Crippen LogP contribution in [-0.2, 0) is 21.2 Å². The molecule has 144 valence electrons. The Balaban J connectivity index is 1.79. The average Bonchev–Trinajstić information content (AvgIpc) is 3.01. The average molecular weight is 390 g/mol. The van der Waals surface area contributed by atoms with Gasteiger partial charge in [0.05, 0.1) is 20.8 Å². The lowest BCUT2D eigenvalue weighted by atomic mass is 10.1. The Hall–Kier alpha value is -2.58. The fourth-order valence-electron chi connectivity index (χ4n) is 3.26. The quantitative estimate of drug-likeness (QED) is 0.815. The van der Waals surface area contributed by atoms with E-state index in [0.29, 0.717) is 5.75 Å². The summed E-state index contributed by atoms with van der Waals surface area (Å²) in [6.07, 6.45) is 0.748. The highest BCUT2D eigenvalue weighted by atomic mass is 32.2. The van der Waals surface area contributed by atoms with Crippen molar-refractivity contribution in [2.24, 2.45) is 0 Å². The standard InChI is InChI=1S/C19H22N2O5S/c1-13-10-14-6-4-5-7-16(14)21(13)19(22)12-20-27(23,24)18-11-15(25-2)8-9-17(18)26-3/h4-9,11,13,20H,10,12H2,1-3H3. The largest absolute Gasteiger partial charge is 0.497 e. The number of sulfonamides is 1. The molecule has 27 heavy (non-hydrogen) atoms. The molecule has 1 amide bonds. The van der Waals surface area contributed by atoms with Gasteiger partial charge in [0, 0.05) is 17.8 Å². The molecule has 3 rings (SSSR count). The SMILES string of the molecule is COc1ccc(OC)c(S(=O)(=O)NCC(=O)N2c3ccccc3CC2C)c1. The molecule has 1 aliphatic rings. The van der Waals surface area contributed by atoms with Crippen molar-refractivity contribution in [1.82, 2.24) is 4.72 Å². The maximum atomic E-state index is 12.7. The van der Waals surface area contributed by atoms with E-state index in [1.165, 1.54) is 26.4 Å². The molecule has 8 heteroatoms. The van der Waals surface area contributed by atoms with Gasteiger partial charge in [0.2, 0.25) is 15.9 Å². The summed E-state index contributed by atoms with van der Waals surface area (Å²) < 4.78 is 38.0. The number of nitrogens with one attached hydrogen (secondary N) is 1. The van der Waals surface area contributed by atoms with Crippen LogP contribution in [-0.4, -0.2) is 41.1 Å². The molecule has 0 fully saturated rings. The number of benzene rings is 2. The van der Waals surface area contributed by atoms with Crippen LogP contribution in [0.15, 0.2) is 47.4 Å². The van der Waals surface area contributed by atoms with Crippen molar-refractivity contribution in [3.63, 3.8) is 0 Å². The smallest absolute Gasteiger partial charge is 0.244 e. The second-order valence-corrected chi connectivity index (χ2v) is 8.02. The molecule has 1 heterocycles. The Kier molecular flexibility index (Phi) is 5.38. The van der Waals surface area contributed by atoms with Gasteiger partial charge < -0.3 is 14.4 Å². The molecule has 0 aliphatic carbocycles. The van der Waals surface area contributed by atoms with Gasteiger partial charge in [-0.2, -0.15) is 0 Å². The van der Waals surface area contributed by atoms with Crippen molar-refractivity contribution in [2.45, 2.75) is 24.3 Å². The number of ether oxygens (including phenoxy) is 2. The highest BCUT2D eigenvalue weighted by Crippen LogP contribution is 2.32. The van der Waals surface area contributed by atoms with Gasteiger partial charge in [0.25, 0.3) is 0 Å². The van der Waals surface area contributed by atoms with Crippen molar-refractivity contribution in [1.29, 1.82) is 0 Å². The minimum absolute atomic E-state index is 0.0224. The summed E-state index contributed by atoms with van der Waals surface area (Å²) in [5.74, 6) is 0.248. The fourth-order valence-corrected chi connectivity index (χ4v) is 4.42.